The van der Waals surface area contributed by atoms with Gasteiger partial charge in [0.05, 0.1) is 17.9 Å². The van der Waals surface area contributed by atoms with Crippen molar-refractivity contribution < 1.29 is 23.8 Å². The Labute approximate surface area is 130 Å². The van der Waals surface area contributed by atoms with Crippen LogP contribution in [-0.4, -0.2) is 40.8 Å². The van der Waals surface area contributed by atoms with E-state index >= 15 is 0 Å². The highest BCUT2D eigenvalue weighted by molar-refractivity contribution is 5.76. The number of rotatable bonds is 3. The zero-order chi connectivity index (χ0) is 16.4. The van der Waals surface area contributed by atoms with Gasteiger partial charge in [0.15, 0.2) is 0 Å². The summed E-state index contributed by atoms with van der Waals surface area (Å²) in [6.45, 7) is 6.22. The van der Waals surface area contributed by atoms with Gasteiger partial charge in [0.25, 0.3) is 0 Å². The molecule has 1 amide bonds. The molecular formula is C16H23NO5. The molecule has 1 fully saturated rings. The molecule has 0 radical (unpaired) electrons. The molecule has 1 aliphatic rings. The third-order valence-electron chi connectivity index (χ3n) is 3.95. The van der Waals surface area contributed by atoms with Crippen LogP contribution in [-0.2, 0) is 16.0 Å². The van der Waals surface area contributed by atoms with Crippen molar-refractivity contribution >= 4 is 12.1 Å². The van der Waals surface area contributed by atoms with Gasteiger partial charge in [0.2, 0.25) is 0 Å². The standard InChI is InChI=1S/C16H23NO5/c1-15(2,3)22-14(20)17-7-5-16(6-8-17,13(18)19)10-12-4-9-21-11-12/h4,9,11H,5-8,10H2,1-3H3,(H,18,19). The molecule has 1 aromatic rings. The van der Waals surface area contributed by atoms with Gasteiger partial charge in [-0.25, -0.2) is 4.79 Å². The highest BCUT2D eigenvalue weighted by atomic mass is 16.6. The lowest BCUT2D eigenvalue weighted by Crippen LogP contribution is -2.48. The number of hydrogen-bond donors (Lipinski definition) is 1. The van der Waals surface area contributed by atoms with Gasteiger partial charge in [0.1, 0.15) is 5.60 Å². The van der Waals surface area contributed by atoms with Crippen molar-refractivity contribution in [3.63, 3.8) is 0 Å². The summed E-state index contributed by atoms with van der Waals surface area (Å²) < 4.78 is 10.4. The van der Waals surface area contributed by atoms with Crippen LogP contribution >= 0.6 is 0 Å². The predicted octanol–water partition coefficient (Wildman–Crippen LogP) is 2.92. The van der Waals surface area contributed by atoms with Crippen molar-refractivity contribution in [3.05, 3.63) is 24.2 Å². The first-order valence-electron chi connectivity index (χ1n) is 7.44. The first-order valence-corrected chi connectivity index (χ1v) is 7.44. The number of carboxylic acid groups (broad SMARTS) is 1. The van der Waals surface area contributed by atoms with E-state index in [1.54, 1.807) is 23.5 Å². The summed E-state index contributed by atoms with van der Waals surface area (Å²) in [5.74, 6) is -0.822. The molecule has 122 valence electrons. The molecule has 1 N–H and O–H groups in total. The summed E-state index contributed by atoms with van der Waals surface area (Å²) in [6, 6.07) is 1.78. The zero-order valence-corrected chi connectivity index (χ0v) is 13.3. The second-order valence-corrected chi connectivity index (χ2v) is 6.86. The Balaban J connectivity index is 2.01. The summed E-state index contributed by atoms with van der Waals surface area (Å²) in [4.78, 5) is 25.4. The fraction of sp³-hybridized carbons (Fsp3) is 0.625. The van der Waals surface area contributed by atoms with Crippen LogP contribution < -0.4 is 0 Å². The Morgan fingerprint density at radius 2 is 2.00 bits per heavy atom. The Hall–Kier alpha value is -1.98. The maximum Gasteiger partial charge on any atom is 0.410 e. The normalized spacial score (nSPS) is 18.0. The molecule has 0 saturated carbocycles. The van der Waals surface area contributed by atoms with E-state index < -0.39 is 17.0 Å². The van der Waals surface area contributed by atoms with Crippen molar-refractivity contribution in [3.8, 4) is 0 Å². The maximum absolute atomic E-state index is 12.1. The van der Waals surface area contributed by atoms with Crippen LogP contribution in [0, 0.1) is 5.41 Å². The quantitative estimate of drug-likeness (QED) is 0.928. The number of carbonyl (C=O) groups is 2. The van der Waals surface area contributed by atoms with Crippen LogP contribution in [0.5, 0.6) is 0 Å². The molecule has 1 aromatic heterocycles. The number of carboxylic acids is 1. The Morgan fingerprint density at radius 3 is 2.45 bits per heavy atom. The van der Waals surface area contributed by atoms with E-state index in [0.717, 1.165) is 5.56 Å². The van der Waals surface area contributed by atoms with Gasteiger partial charge in [-0.15, -0.1) is 0 Å². The average Bonchev–Trinajstić information content (AvgIpc) is 2.90. The van der Waals surface area contributed by atoms with Crippen LogP contribution in [0.1, 0.15) is 39.2 Å². The minimum atomic E-state index is -0.845. The van der Waals surface area contributed by atoms with Crippen molar-refractivity contribution in [2.24, 2.45) is 5.41 Å². The smallest absolute Gasteiger partial charge is 0.410 e. The fourth-order valence-electron chi connectivity index (χ4n) is 2.69. The topological polar surface area (TPSA) is 80.0 Å². The minimum absolute atomic E-state index is 0.380. The summed E-state index contributed by atoms with van der Waals surface area (Å²) in [6.07, 6.45) is 3.97. The summed E-state index contributed by atoms with van der Waals surface area (Å²) in [5.41, 5.74) is -0.523. The van der Waals surface area contributed by atoms with E-state index in [9.17, 15) is 14.7 Å². The highest BCUT2D eigenvalue weighted by Gasteiger charge is 2.43. The molecule has 0 spiro atoms. The number of furan rings is 1. The molecule has 6 heteroatoms. The van der Waals surface area contributed by atoms with Crippen molar-refractivity contribution in [2.45, 2.75) is 45.6 Å². The van der Waals surface area contributed by atoms with Gasteiger partial charge in [-0.2, -0.15) is 0 Å². The molecule has 2 heterocycles. The highest BCUT2D eigenvalue weighted by Crippen LogP contribution is 2.36. The maximum atomic E-state index is 12.1. The largest absolute Gasteiger partial charge is 0.481 e. The number of hydrogen-bond acceptors (Lipinski definition) is 4. The molecular weight excluding hydrogens is 286 g/mol. The van der Waals surface area contributed by atoms with Crippen LogP contribution in [0.25, 0.3) is 0 Å². The summed E-state index contributed by atoms with van der Waals surface area (Å²) in [5, 5.41) is 9.63. The summed E-state index contributed by atoms with van der Waals surface area (Å²) in [7, 11) is 0. The van der Waals surface area contributed by atoms with Gasteiger partial charge < -0.3 is 19.2 Å². The molecule has 0 unspecified atom stereocenters. The van der Waals surface area contributed by atoms with E-state index in [2.05, 4.69) is 0 Å². The van der Waals surface area contributed by atoms with E-state index in [1.165, 1.54) is 0 Å². The lowest BCUT2D eigenvalue weighted by atomic mass is 9.74. The molecule has 0 bridgehead atoms. The molecule has 0 atom stereocenters. The van der Waals surface area contributed by atoms with Gasteiger partial charge >= 0.3 is 12.1 Å². The Kier molecular flexibility index (Phi) is 4.49. The fourth-order valence-corrected chi connectivity index (χ4v) is 2.69. The monoisotopic (exact) mass is 309 g/mol. The zero-order valence-electron chi connectivity index (χ0n) is 13.3. The molecule has 22 heavy (non-hydrogen) atoms. The third-order valence-corrected chi connectivity index (χ3v) is 3.95. The van der Waals surface area contributed by atoms with Crippen molar-refractivity contribution in [1.82, 2.24) is 4.90 Å². The number of likely N-dealkylation sites (tertiary alicyclic amines) is 1. The van der Waals surface area contributed by atoms with Gasteiger partial charge in [-0.05, 0) is 51.7 Å². The van der Waals surface area contributed by atoms with E-state index in [4.69, 9.17) is 9.15 Å². The second kappa shape index (κ2) is 6.02. The molecule has 0 aliphatic carbocycles. The lowest BCUT2D eigenvalue weighted by Gasteiger charge is -2.39. The first-order chi connectivity index (χ1) is 10.2. The van der Waals surface area contributed by atoms with Crippen LogP contribution in [0.2, 0.25) is 0 Å². The van der Waals surface area contributed by atoms with Crippen LogP contribution in [0.3, 0.4) is 0 Å². The van der Waals surface area contributed by atoms with Crippen molar-refractivity contribution in [2.75, 3.05) is 13.1 Å². The van der Waals surface area contributed by atoms with E-state index in [1.807, 2.05) is 20.8 Å². The lowest BCUT2D eigenvalue weighted by molar-refractivity contribution is -0.152. The minimum Gasteiger partial charge on any atom is -0.481 e. The molecule has 1 aliphatic heterocycles. The number of ether oxygens (including phenoxy) is 1. The Morgan fingerprint density at radius 1 is 1.36 bits per heavy atom. The van der Waals surface area contributed by atoms with Crippen LogP contribution in [0.15, 0.2) is 23.0 Å². The molecule has 6 nitrogen and oxygen atoms in total. The second-order valence-electron chi connectivity index (χ2n) is 6.86. The van der Waals surface area contributed by atoms with Crippen molar-refractivity contribution in [1.29, 1.82) is 0 Å². The number of aliphatic carboxylic acids is 1. The van der Waals surface area contributed by atoms with E-state index in [0.29, 0.717) is 32.4 Å². The molecule has 1 saturated heterocycles. The van der Waals surface area contributed by atoms with E-state index in [-0.39, 0.29) is 6.09 Å². The Bertz CT molecular complexity index is 521. The van der Waals surface area contributed by atoms with Gasteiger partial charge in [-0.3, -0.25) is 4.79 Å². The number of piperidine rings is 1. The number of nitrogens with zero attached hydrogens (tertiary/aromatic N) is 1. The SMILES string of the molecule is CC(C)(C)OC(=O)N1CCC(Cc2ccoc2)(C(=O)O)CC1. The number of carbonyl (C=O) groups excluding carboxylic acids is 1. The van der Waals surface area contributed by atoms with Crippen LogP contribution in [0.4, 0.5) is 4.79 Å². The molecule has 0 aromatic carbocycles. The van der Waals surface area contributed by atoms with Gasteiger partial charge in [-0.1, -0.05) is 0 Å². The summed E-state index contributed by atoms with van der Waals surface area (Å²) >= 11 is 0. The predicted molar refractivity (Wildman–Crippen MR) is 79.5 cm³/mol. The molecule has 2 rings (SSSR count). The first kappa shape index (κ1) is 16.4. The third kappa shape index (κ3) is 3.81. The average molecular weight is 309 g/mol. The number of amides is 1. The van der Waals surface area contributed by atoms with Gasteiger partial charge in [0, 0.05) is 13.1 Å².